The Morgan fingerprint density at radius 3 is 2.54 bits per heavy atom. The summed E-state index contributed by atoms with van der Waals surface area (Å²) < 4.78 is 27.4. The van der Waals surface area contributed by atoms with E-state index in [-0.39, 0.29) is 4.91 Å². The predicted molar refractivity (Wildman–Crippen MR) is 98.5 cm³/mol. The molecule has 24 heavy (non-hydrogen) atoms. The fourth-order valence-electron chi connectivity index (χ4n) is 2.66. The van der Waals surface area contributed by atoms with Crippen LogP contribution in [0, 0.1) is 0 Å². The second-order valence-corrected chi connectivity index (χ2v) is 7.59. The largest absolute Gasteiger partial charge is 0.267 e. The van der Waals surface area contributed by atoms with E-state index in [0.29, 0.717) is 28.5 Å². The lowest BCUT2D eigenvalue weighted by molar-refractivity contribution is 0.603. The van der Waals surface area contributed by atoms with Gasteiger partial charge in [-0.3, -0.25) is 9.71 Å². The van der Waals surface area contributed by atoms with Crippen LogP contribution in [-0.4, -0.2) is 20.8 Å². The summed E-state index contributed by atoms with van der Waals surface area (Å²) in [4.78, 5) is 4.67. The molecule has 0 fully saturated rings. The Bertz CT molecular complexity index is 919. The van der Waals surface area contributed by atoms with Crippen LogP contribution in [0.2, 0.25) is 5.02 Å². The quantitative estimate of drug-likeness (QED) is 0.904. The molecular formula is C18H17ClN2O2S. The van der Waals surface area contributed by atoms with Gasteiger partial charge in [0.25, 0.3) is 10.0 Å². The molecule has 6 heteroatoms. The zero-order chi connectivity index (χ0) is 17.2. The van der Waals surface area contributed by atoms with E-state index in [1.165, 1.54) is 5.56 Å². The number of rotatable bonds is 4. The van der Waals surface area contributed by atoms with E-state index in [1.807, 2.05) is 30.3 Å². The van der Waals surface area contributed by atoms with E-state index >= 15 is 0 Å². The van der Waals surface area contributed by atoms with E-state index in [9.17, 15) is 8.42 Å². The van der Waals surface area contributed by atoms with Gasteiger partial charge in [0.05, 0.1) is 0 Å². The van der Waals surface area contributed by atoms with Gasteiger partial charge >= 0.3 is 0 Å². The van der Waals surface area contributed by atoms with Crippen molar-refractivity contribution in [3.63, 3.8) is 0 Å². The molecule has 0 unspecified atom stereocenters. The highest BCUT2D eigenvalue weighted by Gasteiger charge is 2.32. The SMILES string of the molecule is CC1=C(c2cccc(Cl)c2)S(=O)(=O)NC1=NCCc1ccccc1. The summed E-state index contributed by atoms with van der Waals surface area (Å²) >= 11 is 5.98. The molecule has 1 aliphatic heterocycles. The number of amidine groups is 1. The summed E-state index contributed by atoms with van der Waals surface area (Å²) in [5, 5.41) is 0.498. The van der Waals surface area contributed by atoms with Crippen LogP contribution in [0.3, 0.4) is 0 Å². The van der Waals surface area contributed by atoms with Crippen molar-refractivity contribution in [3.8, 4) is 0 Å². The van der Waals surface area contributed by atoms with Crippen molar-refractivity contribution < 1.29 is 8.42 Å². The lowest BCUT2D eigenvalue weighted by Gasteiger charge is -2.03. The average molecular weight is 361 g/mol. The topological polar surface area (TPSA) is 58.5 Å². The molecule has 0 amide bonds. The molecule has 1 N–H and O–H groups in total. The number of benzene rings is 2. The molecule has 0 aromatic heterocycles. The highest BCUT2D eigenvalue weighted by atomic mass is 35.5. The van der Waals surface area contributed by atoms with Crippen LogP contribution in [0.5, 0.6) is 0 Å². The molecule has 2 aromatic rings. The van der Waals surface area contributed by atoms with Gasteiger partial charge in [-0.05, 0) is 36.6 Å². The Morgan fingerprint density at radius 2 is 1.83 bits per heavy atom. The third-order valence-electron chi connectivity index (χ3n) is 3.80. The van der Waals surface area contributed by atoms with E-state index in [1.54, 1.807) is 31.2 Å². The first kappa shape index (κ1) is 16.7. The first-order valence-electron chi connectivity index (χ1n) is 7.56. The maximum Gasteiger partial charge on any atom is 0.264 e. The van der Waals surface area contributed by atoms with Gasteiger partial charge < -0.3 is 0 Å². The van der Waals surface area contributed by atoms with Crippen LogP contribution in [-0.2, 0) is 16.4 Å². The second-order valence-electron chi connectivity index (χ2n) is 5.54. The number of sulfonamides is 1. The van der Waals surface area contributed by atoms with Crippen LogP contribution >= 0.6 is 11.6 Å². The molecule has 1 heterocycles. The fourth-order valence-corrected chi connectivity index (χ4v) is 4.36. The van der Waals surface area contributed by atoms with Gasteiger partial charge in [-0.15, -0.1) is 0 Å². The second kappa shape index (κ2) is 6.79. The molecule has 0 saturated carbocycles. The lowest BCUT2D eigenvalue weighted by atomic mass is 10.1. The Balaban J connectivity index is 1.87. The zero-order valence-electron chi connectivity index (χ0n) is 13.2. The van der Waals surface area contributed by atoms with Crippen LogP contribution in [0.25, 0.3) is 4.91 Å². The molecule has 0 saturated heterocycles. The molecule has 0 bridgehead atoms. The smallest absolute Gasteiger partial charge is 0.264 e. The third-order valence-corrected chi connectivity index (χ3v) is 5.57. The van der Waals surface area contributed by atoms with E-state index in [2.05, 4.69) is 9.71 Å². The van der Waals surface area contributed by atoms with Crippen molar-refractivity contribution in [2.45, 2.75) is 13.3 Å². The normalized spacial score (nSPS) is 18.0. The molecule has 1 aliphatic rings. The summed E-state index contributed by atoms with van der Waals surface area (Å²) in [5.41, 5.74) is 2.35. The first-order valence-corrected chi connectivity index (χ1v) is 9.42. The maximum atomic E-state index is 12.4. The molecule has 4 nitrogen and oxygen atoms in total. The van der Waals surface area contributed by atoms with E-state index in [4.69, 9.17) is 11.6 Å². The third kappa shape index (κ3) is 3.52. The lowest BCUT2D eigenvalue weighted by Crippen LogP contribution is -2.24. The van der Waals surface area contributed by atoms with Gasteiger partial charge in [0.2, 0.25) is 0 Å². The highest BCUT2D eigenvalue weighted by Crippen LogP contribution is 2.31. The van der Waals surface area contributed by atoms with Gasteiger partial charge in [-0.2, -0.15) is 0 Å². The number of halogens is 1. The summed E-state index contributed by atoms with van der Waals surface area (Å²) in [6, 6.07) is 16.8. The van der Waals surface area contributed by atoms with Gasteiger partial charge in [0, 0.05) is 17.1 Å². The molecule has 0 aliphatic carbocycles. The minimum atomic E-state index is -3.61. The molecule has 2 aromatic carbocycles. The standard InChI is InChI=1S/C18H17ClN2O2S/c1-13-17(15-8-5-9-16(19)12-15)24(22,23)21-18(13)20-11-10-14-6-3-2-4-7-14/h2-9,12H,10-11H2,1H3,(H,20,21). The maximum absolute atomic E-state index is 12.4. The van der Waals surface area contributed by atoms with Crippen molar-refractivity contribution in [2.75, 3.05) is 6.54 Å². The van der Waals surface area contributed by atoms with Crippen molar-refractivity contribution >= 4 is 32.4 Å². The van der Waals surface area contributed by atoms with Gasteiger partial charge in [-0.25, -0.2) is 8.42 Å². The summed E-state index contributed by atoms with van der Waals surface area (Å²) in [6.07, 6.45) is 0.756. The first-order chi connectivity index (χ1) is 11.5. The Kier molecular flexibility index (Phi) is 4.73. The monoisotopic (exact) mass is 360 g/mol. The van der Waals surface area contributed by atoms with E-state index in [0.717, 1.165) is 6.42 Å². The number of hydrogen-bond donors (Lipinski definition) is 1. The van der Waals surface area contributed by atoms with E-state index < -0.39 is 10.0 Å². The molecule has 0 spiro atoms. The number of hydrogen-bond acceptors (Lipinski definition) is 3. The Hall–Kier alpha value is -2.11. The molecule has 3 rings (SSSR count). The number of aliphatic imine (C=N–C) groups is 1. The van der Waals surface area contributed by atoms with Gasteiger partial charge in [0.1, 0.15) is 10.7 Å². The minimum Gasteiger partial charge on any atom is -0.267 e. The molecular weight excluding hydrogens is 344 g/mol. The Morgan fingerprint density at radius 1 is 1.08 bits per heavy atom. The number of nitrogens with one attached hydrogen (secondary N) is 1. The molecule has 0 atom stereocenters. The number of nitrogens with zero attached hydrogens (tertiary/aromatic N) is 1. The minimum absolute atomic E-state index is 0.239. The average Bonchev–Trinajstić information content (AvgIpc) is 2.77. The van der Waals surface area contributed by atoms with Crippen LogP contribution in [0.4, 0.5) is 0 Å². The van der Waals surface area contributed by atoms with Crippen molar-refractivity contribution in [2.24, 2.45) is 4.99 Å². The van der Waals surface area contributed by atoms with Gasteiger partial charge in [0.15, 0.2) is 0 Å². The van der Waals surface area contributed by atoms with Gasteiger partial charge in [-0.1, -0.05) is 54.1 Å². The molecule has 0 radical (unpaired) electrons. The van der Waals surface area contributed by atoms with Crippen LogP contribution < -0.4 is 4.72 Å². The zero-order valence-corrected chi connectivity index (χ0v) is 14.7. The highest BCUT2D eigenvalue weighted by molar-refractivity contribution is 8.00. The van der Waals surface area contributed by atoms with Crippen molar-refractivity contribution in [3.05, 3.63) is 76.3 Å². The Labute approximate surface area is 146 Å². The fraction of sp³-hybridized carbons (Fsp3) is 0.167. The van der Waals surface area contributed by atoms with Crippen LogP contribution in [0.1, 0.15) is 18.1 Å². The summed E-state index contributed by atoms with van der Waals surface area (Å²) in [7, 11) is -3.61. The van der Waals surface area contributed by atoms with Crippen molar-refractivity contribution in [1.82, 2.24) is 4.72 Å². The predicted octanol–water partition coefficient (Wildman–Crippen LogP) is 3.65. The van der Waals surface area contributed by atoms with Crippen molar-refractivity contribution in [1.29, 1.82) is 0 Å². The van der Waals surface area contributed by atoms with Crippen LogP contribution in [0.15, 0.2) is 65.2 Å². The molecule has 124 valence electrons. The summed E-state index contributed by atoms with van der Waals surface area (Å²) in [5.74, 6) is 0.404. The summed E-state index contributed by atoms with van der Waals surface area (Å²) in [6.45, 7) is 2.27.